The second-order valence-electron chi connectivity index (χ2n) is 6.45. The van der Waals surface area contributed by atoms with E-state index in [-0.39, 0.29) is 6.42 Å². The molecule has 1 rings (SSSR count). The normalized spacial score (nSPS) is 12.6. The first-order valence-electron chi connectivity index (χ1n) is 8.49. The molecule has 0 heterocycles. The van der Waals surface area contributed by atoms with E-state index in [1.807, 2.05) is 0 Å². The summed E-state index contributed by atoms with van der Waals surface area (Å²) in [6.07, 6.45) is 1.43. The first-order chi connectivity index (χ1) is 12.6. The number of unbranched alkanes of at least 4 members (excludes halogenated alkanes) is 1. The highest BCUT2D eigenvalue weighted by Gasteiger charge is 2.31. The van der Waals surface area contributed by atoms with E-state index in [4.69, 9.17) is 15.2 Å². The van der Waals surface area contributed by atoms with Crippen molar-refractivity contribution in [2.45, 2.75) is 44.8 Å². The Balaban J connectivity index is 2.84. The third kappa shape index (κ3) is 6.51. The van der Waals surface area contributed by atoms with Crippen molar-refractivity contribution in [1.29, 1.82) is 0 Å². The molecule has 1 amide bonds. The summed E-state index contributed by atoms with van der Waals surface area (Å²) >= 11 is 0. The van der Waals surface area contributed by atoms with Crippen molar-refractivity contribution >= 4 is 11.7 Å². The van der Waals surface area contributed by atoms with E-state index in [0.29, 0.717) is 31.5 Å². The maximum atomic E-state index is 13.6. The van der Waals surface area contributed by atoms with Gasteiger partial charge in [0, 0.05) is 7.11 Å². The predicted octanol–water partition coefficient (Wildman–Crippen LogP) is 2.09. The fraction of sp³-hybridized carbons (Fsp3) is 0.556. The molecule has 0 aliphatic heterocycles. The van der Waals surface area contributed by atoms with E-state index >= 15 is 0 Å². The second kappa shape index (κ2) is 10.3. The number of carbonyl (C=O) groups excluding carboxylic acids is 2. The highest BCUT2D eigenvalue weighted by molar-refractivity contribution is 5.92. The fourth-order valence-corrected chi connectivity index (χ4v) is 2.12. The van der Waals surface area contributed by atoms with Crippen LogP contribution in [0.2, 0.25) is 0 Å². The third-order valence-electron chi connectivity index (χ3n) is 4.06. The summed E-state index contributed by atoms with van der Waals surface area (Å²) in [7, 11) is 1.35. The molecule has 6 nitrogen and oxygen atoms in total. The Morgan fingerprint density at radius 2 is 1.81 bits per heavy atom. The fourth-order valence-electron chi connectivity index (χ4n) is 2.12. The number of hydrogen-bond acceptors (Lipinski definition) is 5. The Hall–Kier alpha value is -2.13. The van der Waals surface area contributed by atoms with Crippen LogP contribution in [-0.2, 0) is 14.3 Å². The van der Waals surface area contributed by atoms with Gasteiger partial charge in [0.2, 0.25) is 5.82 Å². The van der Waals surface area contributed by atoms with Crippen LogP contribution in [0.1, 0.15) is 33.1 Å². The van der Waals surface area contributed by atoms with Crippen molar-refractivity contribution in [3.8, 4) is 5.75 Å². The Bertz CT molecular complexity index is 668. The highest BCUT2D eigenvalue weighted by atomic mass is 19.2. The number of carbonyl (C=O) groups is 2. The van der Waals surface area contributed by atoms with Gasteiger partial charge in [-0.05, 0) is 51.8 Å². The molecule has 0 fully saturated rings. The average molecular weight is 390 g/mol. The smallest absolute Gasteiger partial charge is 0.252 e. The lowest BCUT2D eigenvalue weighted by molar-refractivity contribution is -0.142. The predicted molar refractivity (Wildman–Crippen MR) is 92.7 cm³/mol. The maximum Gasteiger partial charge on any atom is 0.252 e. The summed E-state index contributed by atoms with van der Waals surface area (Å²) in [5.41, 5.74) is 4.26. The molecule has 1 aromatic rings. The Morgan fingerprint density at radius 3 is 2.41 bits per heavy atom. The van der Waals surface area contributed by atoms with Crippen LogP contribution >= 0.6 is 0 Å². The summed E-state index contributed by atoms with van der Waals surface area (Å²) in [4.78, 5) is 24.7. The molecule has 0 spiro atoms. The van der Waals surface area contributed by atoms with Gasteiger partial charge in [-0.15, -0.1) is 0 Å². The van der Waals surface area contributed by atoms with Crippen molar-refractivity contribution in [3.05, 3.63) is 29.6 Å². The van der Waals surface area contributed by atoms with Gasteiger partial charge >= 0.3 is 0 Å². The number of ether oxygens (including phenoxy) is 2. The minimum Gasteiger partial charge on any atom is -0.480 e. The highest BCUT2D eigenvalue weighted by Crippen LogP contribution is 2.23. The van der Waals surface area contributed by atoms with Crippen LogP contribution in [0.25, 0.3) is 0 Å². The van der Waals surface area contributed by atoms with Gasteiger partial charge in [-0.3, -0.25) is 9.59 Å². The van der Waals surface area contributed by atoms with Crippen molar-refractivity contribution < 1.29 is 32.2 Å². The van der Waals surface area contributed by atoms with Gasteiger partial charge in [0.25, 0.3) is 5.91 Å². The zero-order valence-electron chi connectivity index (χ0n) is 15.6. The number of amides is 1. The molecule has 1 atom stereocenters. The number of halogens is 3. The monoisotopic (exact) mass is 390 g/mol. The van der Waals surface area contributed by atoms with Crippen LogP contribution in [0.15, 0.2) is 12.1 Å². The SMILES string of the molecule is COC(C)(C)C(=O)NC(CCCCN)C(=O)COc1c(F)ccc(F)c1F. The zero-order valence-corrected chi connectivity index (χ0v) is 15.6. The van der Waals surface area contributed by atoms with Gasteiger partial charge < -0.3 is 20.5 Å². The van der Waals surface area contributed by atoms with Crippen molar-refractivity contribution in [2.75, 3.05) is 20.3 Å². The van der Waals surface area contributed by atoms with E-state index in [1.54, 1.807) is 0 Å². The minimum absolute atomic E-state index is 0.263. The van der Waals surface area contributed by atoms with Crippen molar-refractivity contribution in [3.63, 3.8) is 0 Å². The number of hydrogen-bond donors (Lipinski definition) is 2. The molecule has 0 aliphatic rings. The summed E-state index contributed by atoms with van der Waals surface area (Å²) in [5, 5.41) is 2.55. The van der Waals surface area contributed by atoms with Crippen LogP contribution in [0, 0.1) is 17.5 Å². The van der Waals surface area contributed by atoms with Gasteiger partial charge in [0.05, 0.1) is 6.04 Å². The molecular weight excluding hydrogens is 365 g/mol. The van der Waals surface area contributed by atoms with E-state index in [0.717, 1.165) is 0 Å². The Morgan fingerprint density at radius 1 is 1.19 bits per heavy atom. The summed E-state index contributed by atoms with van der Waals surface area (Å²) in [6.45, 7) is 2.72. The van der Waals surface area contributed by atoms with Crippen molar-refractivity contribution in [1.82, 2.24) is 5.32 Å². The Kier molecular flexibility index (Phi) is 8.71. The number of Topliss-reactive ketones (excluding diaryl/α,β-unsaturated/α-hetero) is 1. The molecule has 0 aliphatic carbocycles. The number of rotatable bonds is 11. The first-order valence-corrected chi connectivity index (χ1v) is 8.49. The summed E-state index contributed by atoms with van der Waals surface area (Å²) in [6, 6.07) is 0.347. The third-order valence-corrected chi connectivity index (χ3v) is 4.06. The van der Waals surface area contributed by atoms with Crippen LogP contribution < -0.4 is 15.8 Å². The molecule has 1 aromatic carbocycles. The lowest BCUT2D eigenvalue weighted by Gasteiger charge is -2.25. The van der Waals surface area contributed by atoms with Crippen LogP contribution in [0.3, 0.4) is 0 Å². The van der Waals surface area contributed by atoms with E-state index in [9.17, 15) is 22.8 Å². The number of benzene rings is 1. The molecule has 0 saturated carbocycles. The molecule has 0 radical (unpaired) electrons. The molecule has 0 bridgehead atoms. The van der Waals surface area contributed by atoms with Gasteiger partial charge in [0.15, 0.2) is 23.2 Å². The minimum atomic E-state index is -1.52. The van der Waals surface area contributed by atoms with E-state index in [2.05, 4.69) is 5.32 Å². The lowest BCUT2D eigenvalue weighted by atomic mass is 10.0. The van der Waals surface area contributed by atoms with Gasteiger partial charge in [-0.2, -0.15) is 4.39 Å². The van der Waals surface area contributed by atoms with E-state index in [1.165, 1.54) is 21.0 Å². The maximum absolute atomic E-state index is 13.6. The van der Waals surface area contributed by atoms with Gasteiger partial charge in [0.1, 0.15) is 12.2 Å². The number of methoxy groups -OCH3 is 1. The zero-order chi connectivity index (χ0) is 20.6. The molecule has 0 aromatic heterocycles. The first kappa shape index (κ1) is 22.9. The topological polar surface area (TPSA) is 90.6 Å². The van der Waals surface area contributed by atoms with Crippen molar-refractivity contribution in [2.24, 2.45) is 5.73 Å². The van der Waals surface area contributed by atoms with Gasteiger partial charge in [-0.1, -0.05) is 0 Å². The summed E-state index contributed by atoms with van der Waals surface area (Å²) < 4.78 is 50.3. The molecule has 0 saturated heterocycles. The Labute approximate surface area is 156 Å². The molecule has 152 valence electrons. The quantitative estimate of drug-likeness (QED) is 0.446. The van der Waals surface area contributed by atoms with Crippen LogP contribution in [0.5, 0.6) is 5.75 Å². The summed E-state index contributed by atoms with van der Waals surface area (Å²) in [5.74, 6) is -6.08. The number of ketones is 1. The van der Waals surface area contributed by atoms with Crippen LogP contribution in [0.4, 0.5) is 13.2 Å². The number of nitrogens with two attached hydrogens (primary N) is 1. The van der Waals surface area contributed by atoms with Gasteiger partial charge in [-0.25, -0.2) is 8.78 Å². The molecule has 9 heteroatoms. The molecule has 1 unspecified atom stereocenters. The van der Waals surface area contributed by atoms with E-state index < -0.39 is 53.1 Å². The van der Waals surface area contributed by atoms with Crippen LogP contribution in [-0.4, -0.2) is 43.6 Å². The lowest BCUT2D eigenvalue weighted by Crippen LogP contribution is -2.51. The molecule has 3 N–H and O–H groups in total. The average Bonchev–Trinajstić information content (AvgIpc) is 2.63. The largest absolute Gasteiger partial charge is 0.480 e. The standard InChI is InChI=1S/C18H25F3N2O4/c1-18(2,26-3)17(25)23-13(6-4-5-9-22)14(24)10-27-16-12(20)8-7-11(19)15(16)21/h7-8,13H,4-6,9-10,22H2,1-3H3,(H,23,25). The number of nitrogens with one attached hydrogen (secondary N) is 1. The molecular formula is C18H25F3N2O4. The second-order valence-corrected chi connectivity index (χ2v) is 6.45. The molecule has 27 heavy (non-hydrogen) atoms.